The first-order valence-corrected chi connectivity index (χ1v) is 7.76. The van der Waals surface area contributed by atoms with Crippen molar-refractivity contribution in [1.29, 1.82) is 0 Å². The van der Waals surface area contributed by atoms with Crippen LogP contribution in [-0.4, -0.2) is 16.3 Å². The van der Waals surface area contributed by atoms with Crippen LogP contribution in [-0.2, 0) is 13.1 Å². The fourth-order valence-electron chi connectivity index (χ4n) is 2.96. The summed E-state index contributed by atoms with van der Waals surface area (Å²) in [6.45, 7) is 13.7. The molecule has 0 radical (unpaired) electrons. The van der Waals surface area contributed by atoms with Gasteiger partial charge in [-0.15, -0.1) is 0 Å². The molecule has 0 spiro atoms. The first-order chi connectivity index (χ1) is 9.97. The molecule has 0 saturated heterocycles. The Hall–Kier alpha value is -1.61. The van der Waals surface area contributed by atoms with E-state index in [0.29, 0.717) is 0 Å². The molecule has 0 unspecified atom stereocenters. The standard InChI is InChI=1S/C18H27N3/c1-13-9-14(2)18(15(3)10-13)12-19-7-6-8-21-17(5)11-16(4)20-21/h9-11,19H,6-8,12H2,1-5H3. The third kappa shape index (κ3) is 4.18. The van der Waals surface area contributed by atoms with Crippen molar-refractivity contribution < 1.29 is 0 Å². The number of aryl methyl sites for hydroxylation is 6. The van der Waals surface area contributed by atoms with Crippen LogP contribution in [0, 0.1) is 34.6 Å². The number of nitrogens with one attached hydrogen (secondary N) is 1. The number of rotatable bonds is 6. The van der Waals surface area contributed by atoms with Gasteiger partial charge in [-0.05, 0) is 70.3 Å². The first-order valence-electron chi connectivity index (χ1n) is 7.76. The minimum absolute atomic E-state index is 0.953. The average Bonchev–Trinajstić information content (AvgIpc) is 2.70. The van der Waals surface area contributed by atoms with Gasteiger partial charge in [-0.2, -0.15) is 5.10 Å². The Kier molecular flexibility index (Phi) is 5.18. The molecule has 2 aromatic rings. The van der Waals surface area contributed by atoms with Crippen LogP contribution < -0.4 is 5.32 Å². The molecule has 21 heavy (non-hydrogen) atoms. The topological polar surface area (TPSA) is 29.9 Å². The molecular formula is C18H27N3. The summed E-state index contributed by atoms with van der Waals surface area (Å²) in [6.07, 6.45) is 1.10. The molecule has 0 saturated carbocycles. The second-order valence-corrected chi connectivity index (χ2v) is 6.06. The molecule has 0 atom stereocenters. The second-order valence-electron chi connectivity index (χ2n) is 6.06. The molecule has 0 aliphatic rings. The zero-order valence-electron chi connectivity index (χ0n) is 14.0. The summed E-state index contributed by atoms with van der Waals surface area (Å²) >= 11 is 0. The maximum absolute atomic E-state index is 4.49. The Bertz CT molecular complexity index is 588. The molecule has 1 aromatic heterocycles. The molecule has 1 heterocycles. The lowest BCUT2D eigenvalue weighted by atomic mass is 10.00. The monoisotopic (exact) mass is 285 g/mol. The molecular weight excluding hydrogens is 258 g/mol. The quantitative estimate of drug-likeness (QED) is 0.822. The zero-order valence-corrected chi connectivity index (χ0v) is 14.0. The summed E-state index contributed by atoms with van der Waals surface area (Å²) < 4.78 is 2.10. The largest absolute Gasteiger partial charge is 0.313 e. The van der Waals surface area contributed by atoms with Crippen molar-refractivity contribution in [1.82, 2.24) is 15.1 Å². The second kappa shape index (κ2) is 6.90. The maximum atomic E-state index is 4.49. The van der Waals surface area contributed by atoms with E-state index in [1.165, 1.54) is 27.9 Å². The van der Waals surface area contributed by atoms with E-state index in [4.69, 9.17) is 0 Å². The third-order valence-electron chi connectivity index (χ3n) is 3.97. The summed E-state index contributed by atoms with van der Waals surface area (Å²) in [7, 11) is 0. The summed E-state index contributed by atoms with van der Waals surface area (Å²) in [6, 6.07) is 6.66. The number of hydrogen-bond acceptors (Lipinski definition) is 2. The van der Waals surface area contributed by atoms with Gasteiger partial charge in [-0.1, -0.05) is 17.7 Å². The van der Waals surface area contributed by atoms with Crippen LogP contribution >= 0.6 is 0 Å². The molecule has 0 bridgehead atoms. The average molecular weight is 285 g/mol. The van der Waals surface area contributed by atoms with Crippen LogP contribution in [0.15, 0.2) is 18.2 Å². The van der Waals surface area contributed by atoms with Gasteiger partial charge in [-0.25, -0.2) is 0 Å². The van der Waals surface area contributed by atoms with Crippen molar-refractivity contribution in [3.63, 3.8) is 0 Å². The molecule has 2 rings (SSSR count). The minimum atomic E-state index is 0.953. The minimum Gasteiger partial charge on any atom is -0.313 e. The highest BCUT2D eigenvalue weighted by atomic mass is 15.3. The lowest BCUT2D eigenvalue weighted by molar-refractivity contribution is 0.531. The Labute approximate surface area is 128 Å². The van der Waals surface area contributed by atoms with Gasteiger partial charge in [0.05, 0.1) is 5.69 Å². The summed E-state index contributed by atoms with van der Waals surface area (Å²) in [4.78, 5) is 0. The van der Waals surface area contributed by atoms with Crippen molar-refractivity contribution in [3.05, 3.63) is 51.8 Å². The van der Waals surface area contributed by atoms with E-state index in [1.54, 1.807) is 0 Å². The molecule has 3 nitrogen and oxygen atoms in total. The molecule has 1 aromatic carbocycles. The number of benzene rings is 1. The lowest BCUT2D eigenvalue weighted by Gasteiger charge is -2.12. The highest BCUT2D eigenvalue weighted by molar-refractivity contribution is 5.37. The van der Waals surface area contributed by atoms with Crippen molar-refractivity contribution >= 4 is 0 Å². The number of hydrogen-bond donors (Lipinski definition) is 1. The van der Waals surface area contributed by atoms with E-state index >= 15 is 0 Å². The highest BCUT2D eigenvalue weighted by Crippen LogP contribution is 2.16. The smallest absolute Gasteiger partial charge is 0.0596 e. The Morgan fingerprint density at radius 1 is 1.00 bits per heavy atom. The Morgan fingerprint density at radius 2 is 1.67 bits per heavy atom. The molecule has 3 heteroatoms. The summed E-state index contributed by atoms with van der Waals surface area (Å²) in [5.74, 6) is 0. The van der Waals surface area contributed by atoms with Gasteiger partial charge in [0, 0.05) is 18.8 Å². The molecule has 0 fully saturated rings. The molecule has 114 valence electrons. The van der Waals surface area contributed by atoms with Crippen molar-refractivity contribution in [2.24, 2.45) is 0 Å². The number of aromatic nitrogens is 2. The van der Waals surface area contributed by atoms with E-state index in [2.05, 4.69) is 61.0 Å². The van der Waals surface area contributed by atoms with Gasteiger partial charge < -0.3 is 5.32 Å². The Morgan fingerprint density at radius 3 is 2.24 bits per heavy atom. The molecule has 0 amide bonds. The van der Waals surface area contributed by atoms with Gasteiger partial charge in [0.2, 0.25) is 0 Å². The highest BCUT2D eigenvalue weighted by Gasteiger charge is 2.04. The van der Waals surface area contributed by atoms with E-state index in [0.717, 1.165) is 31.7 Å². The fourth-order valence-corrected chi connectivity index (χ4v) is 2.96. The van der Waals surface area contributed by atoms with Crippen LogP contribution in [0.5, 0.6) is 0 Å². The van der Waals surface area contributed by atoms with Gasteiger partial charge in [0.15, 0.2) is 0 Å². The van der Waals surface area contributed by atoms with E-state index in [1.807, 2.05) is 6.92 Å². The van der Waals surface area contributed by atoms with Crippen LogP contribution in [0.3, 0.4) is 0 Å². The van der Waals surface area contributed by atoms with Crippen molar-refractivity contribution in [2.75, 3.05) is 6.54 Å². The molecule has 1 N–H and O–H groups in total. The normalized spacial score (nSPS) is 11.1. The predicted molar refractivity (Wildman–Crippen MR) is 88.7 cm³/mol. The van der Waals surface area contributed by atoms with Gasteiger partial charge >= 0.3 is 0 Å². The summed E-state index contributed by atoms with van der Waals surface area (Å²) in [5, 5.41) is 8.05. The van der Waals surface area contributed by atoms with Crippen LogP contribution in [0.1, 0.15) is 40.1 Å². The number of nitrogens with zero attached hydrogens (tertiary/aromatic N) is 2. The van der Waals surface area contributed by atoms with Crippen LogP contribution in [0.25, 0.3) is 0 Å². The molecule has 0 aliphatic heterocycles. The van der Waals surface area contributed by atoms with Crippen LogP contribution in [0.2, 0.25) is 0 Å². The van der Waals surface area contributed by atoms with Crippen molar-refractivity contribution in [3.8, 4) is 0 Å². The first kappa shape index (κ1) is 15.8. The van der Waals surface area contributed by atoms with Gasteiger partial charge in [0.1, 0.15) is 0 Å². The summed E-state index contributed by atoms with van der Waals surface area (Å²) in [5.41, 5.74) is 7.91. The van der Waals surface area contributed by atoms with E-state index in [-0.39, 0.29) is 0 Å². The molecule has 0 aliphatic carbocycles. The van der Waals surface area contributed by atoms with Gasteiger partial charge in [-0.3, -0.25) is 4.68 Å². The maximum Gasteiger partial charge on any atom is 0.0596 e. The third-order valence-corrected chi connectivity index (χ3v) is 3.97. The SMILES string of the molecule is Cc1cc(C)c(CNCCCn2nc(C)cc2C)c(C)c1. The predicted octanol–water partition coefficient (Wildman–Crippen LogP) is 3.61. The Balaban J connectivity index is 1.79. The van der Waals surface area contributed by atoms with Gasteiger partial charge in [0.25, 0.3) is 0 Å². The fraction of sp³-hybridized carbons (Fsp3) is 0.500. The van der Waals surface area contributed by atoms with E-state index in [9.17, 15) is 0 Å². The van der Waals surface area contributed by atoms with Crippen LogP contribution in [0.4, 0.5) is 0 Å². The lowest BCUT2D eigenvalue weighted by Crippen LogP contribution is -2.18. The zero-order chi connectivity index (χ0) is 15.4. The van der Waals surface area contributed by atoms with Crippen molar-refractivity contribution in [2.45, 2.75) is 54.1 Å². The van der Waals surface area contributed by atoms with E-state index < -0.39 is 0 Å².